The Labute approximate surface area is 31.3 Å². The topological polar surface area (TPSA) is 29.5 Å². The monoisotopic (exact) mass is 75.0 g/mol. The van der Waals surface area contributed by atoms with Gasteiger partial charge in [0.15, 0.2) is 0 Å². The van der Waals surface area contributed by atoms with Crippen LogP contribution in [0.3, 0.4) is 0 Å². The number of hydrogen-bond donors (Lipinski definition) is 1. The second-order valence-electron chi connectivity index (χ2n) is 0.680. The van der Waals surface area contributed by atoms with Crippen molar-refractivity contribution in [1.29, 1.82) is 0 Å². The fraction of sp³-hybridized carbons (Fsp3) is 0.667. The van der Waals surface area contributed by atoms with E-state index in [9.17, 15) is 0 Å². The molecule has 0 unspecified atom stereocenters. The summed E-state index contributed by atoms with van der Waals surface area (Å²) >= 11 is 0. The van der Waals surface area contributed by atoms with E-state index in [-0.39, 0.29) is 0 Å². The normalized spacial score (nSPS) is 8.40. The van der Waals surface area contributed by atoms with Crippen molar-refractivity contribution in [3.8, 4) is 0 Å². The molecule has 5 heavy (non-hydrogen) atoms. The van der Waals surface area contributed by atoms with Gasteiger partial charge in [0, 0.05) is 0 Å². The molecule has 0 aromatic heterocycles. The first kappa shape index (κ1) is 4.92. The lowest BCUT2D eigenvalue weighted by Crippen LogP contribution is -1.72. The van der Waals surface area contributed by atoms with Crippen LogP contribution in [0.2, 0.25) is 0 Å². The Balaban J connectivity index is 2.19. The average molecular weight is 75.1 g/mol. The van der Waals surface area contributed by atoms with Crippen LogP contribution in [-0.2, 0) is 4.89 Å². The molecule has 1 N–H and O–H groups in total. The summed E-state index contributed by atoms with van der Waals surface area (Å²) in [5.74, 6) is 0. The third kappa shape index (κ3) is 3.92. The van der Waals surface area contributed by atoms with Gasteiger partial charge in [-0.2, -0.15) is 0 Å². The summed E-state index contributed by atoms with van der Waals surface area (Å²) < 4.78 is 0. The van der Waals surface area contributed by atoms with E-state index in [0.717, 1.165) is 6.42 Å². The van der Waals surface area contributed by atoms with Crippen molar-refractivity contribution in [2.75, 3.05) is 0 Å². The van der Waals surface area contributed by atoms with E-state index in [1.807, 2.05) is 6.92 Å². The minimum absolute atomic E-state index is 0.747. The molecule has 0 saturated carbocycles. The molecule has 0 spiro atoms. The summed E-state index contributed by atoms with van der Waals surface area (Å²) in [6.45, 7) is 3.18. The first-order chi connectivity index (χ1) is 2.41. The van der Waals surface area contributed by atoms with Crippen LogP contribution >= 0.6 is 0 Å². The standard InChI is InChI=1S/C3H7O2/c1-2-3-5-4/h3-4H,2H2,1H3. The van der Waals surface area contributed by atoms with Crippen molar-refractivity contribution in [3.63, 3.8) is 0 Å². The van der Waals surface area contributed by atoms with Gasteiger partial charge in [-0.05, 0) is 6.42 Å². The predicted octanol–water partition coefficient (Wildman–Crippen LogP) is 1.05. The number of hydrogen-bond acceptors (Lipinski definition) is 2. The smallest absolute Gasteiger partial charge is 0.122 e. The molecule has 2 heteroatoms. The lowest BCUT2D eigenvalue weighted by Gasteiger charge is -1.80. The Bertz CT molecular complexity index is 12.4. The van der Waals surface area contributed by atoms with Crippen molar-refractivity contribution in [3.05, 3.63) is 6.61 Å². The van der Waals surface area contributed by atoms with Crippen LogP contribution < -0.4 is 0 Å². The molecule has 2 nitrogen and oxygen atoms in total. The first-order valence-corrected chi connectivity index (χ1v) is 1.53. The maximum Gasteiger partial charge on any atom is 0.122 e. The Kier molecular flexibility index (Phi) is 3.86. The molecule has 1 radical (unpaired) electrons. The van der Waals surface area contributed by atoms with Gasteiger partial charge < -0.3 is 0 Å². The molecule has 0 aliphatic heterocycles. The van der Waals surface area contributed by atoms with E-state index in [0.29, 0.717) is 0 Å². The minimum Gasteiger partial charge on any atom is -0.251 e. The largest absolute Gasteiger partial charge is 0.251 e. The Morgan fingerprint density at radius 2 is 2.60 bits per heavy atom. The van der Waals surface area contributed by atoms with Crippen molar-refractivity contribution in [2.45, 2.75) is 13.3 Å². The highest BCUT2D eigenvalue weighted by Gasteiger charge is 1.70. The molecular weight excluding hydrogens is 68.0 g/mol. The fourth-order valence-corrected chi connectivity index (χ4v) is 0.0745. The Hall–Kier alpha value is -0.0800. The molecule has 0 fully saturated rings. The lowest BCUT2D eigenvalue weighted by atomic mass is 10.5. The molecule has 0 saturated heterocycles. The van der Waals surface area contributed by atoms with Crippen LogP contribution in [-0.4, -0.2) is 5.26 Å². The highest BCUT2D eigenvalue weighted by atomic mass is 17.1. The van der Waals surface area contributed by atoms with Gasteiger partial charge in [0.05, 0.1) is 0 Å². The van der Waals surface area contributed by atoms with E-state index >= 15 is 0 Å². The van der Waals surface area contributed by atoms with Crippen molar-refractivity contribution < 1.29 is 10.1 Å². The molecule has 0 atom stereocenters. The van der Waals surface area contributed by atoms with E-state index in [1.54, 1.807) is 0 Å². The van der Waals surface area contributed by atoms with Crippen LogP contribution in [0.5, 0.6) is 0 Å². The average Bonchev–Trinajstić information content (AvgIpc) is 1.41. The summed E-state index contributed by atoms with van der Waals surface area (Å²) in [7, 11) is 0. The highest BCUT2D eigenvalue weighted by molar-refractivity contribution is 4.35. The van der Waals surface area contributed by atoms with Crippen LogP contribution in [0.15, 0.2) is 0 Å². The molecule has 0 rings (SSSR count). The minimum atomic E-state index is 0.747. The zero-order chi connectivity index (χ0) is 4.12. The Morgan fingerprint density at radius 3 is 2.60 bits per heavy atom. The third-order valence-corrected chi connectivity index (χ3v) is 0.241. The van der Waals surface area contributed by atoms with Gasteiger partial charge in [0.25, 0.3) is 0 Å². The zero-order valence-electron chi connectivity index (χ0n) is 3.14. The zero-order valence-corrected chi connectivity index (χ0v) is 3.14. The molecule has 0 amide bonds. The third-order valence-electron chi connectivity index (χ3n) is 0.241. The van der Waals surface area contributed by atoms with Gasteiger partial charge in [-0.25, -0.2) is 4.89 Å². The van der Waals surface area contributed by atoms with E-state index in [1.165, 1.54) is 6.61 Å². The van der Waals surface area contributed by atoms with Gasteiger partial charge in [0.1, 0.15) is 6.61 Å². The second kappa shape index (κ2) is 3.92. The molecule has 0 aromatic rings. The molecule has 0 aliphatic rings. The van der Waals surface area contributed by atoms with E-state index in [4.69, 9.17) is 5.26 Å². The summed E-state index contributed by atoms with van der Waals surface area (Å²) in [5, 5.41) is 7.51. The quantitative estimate of drug-likeness (QED) is 0.392. The van der Waals surface area contributed by atoms with Gasteiger partial charge in [-0.1, -0.05) is 6.92 Å². The van der Waals surface area contributed by atoms with Crippen LogP contribution in [0, 0.1) is 6.61 Å². The predicted molar refractivity (Wildman–Crippen MR) is 18.3 cm³/mol. The molecule has 0 bridgehead atoms. The molecule has 0 aliphatic carbocycles. The van der Waals surface area contributed by atoms with Crippen LogP contribution in [0.4, 0.5) is 0 Å². The molecule has 0 aromatic carbocycles. The van der Waals surface area contributed by atoms with Crippen molar-refractivity contribution >= 4 is 0 Å². The van der Waals surface area contributed by atoms with E-state index < -0.39 is 0 Å². The number of rotatable bonds is 2. The molecule has 0 heterocycles. The van der Waals surface area contributed by atoms with Gasteiger partial charge in [0.2, 0.25) is 0 Å². The van der Waals surface area contributed by atoms with Gasteiger partial charge in [-0.15, -0.1) is 0 Å². The summed E-state index contributed by atoms with van der Waals surface area (Å²) in [6, 6.07) is 0. The Morgan fingerprint density at radius 1 is 2.00 bits per heavy atom. The van der Waals surface area contributed by atoms with E-state index in [2.05, 4.69) is 4.89 Å². The summed E-state index contributed by atoms with van der Waals surface area (Å²) in [5.41, 5.74) is 0. The second-order valence-corrected chi connectivity index (χ2v) is 0.680. The first-order valence-electron chi connectivity index (χ1n) is 1.53. The van der Waals surface area contributed by atoms with Crippen LogP contribution in [0.25, 0.3) is 0 Å². The van der Waals surface area contributed by atoms with Crippen molar-refractivity contribution in [1.82, 2.24) is 0 Å². The lowest BCUT2D eigenvalue weighted by molar-refractivity contribution is -0.211. The summed E-state index contributed by atoms with van der Waals surface area (Å²) in [6.07, 6.45) is 0.747. The van der Waals surface area contributed by atoms with Crippen molar-refractivity contribution in [2.24, 2.45) is 0 Å². The fourth-order valence-electron chi connectivity index (χ4n) is 0.0745. The SMILES string of the molecule is CC[CH]OO. The maximum atomic E-state index is 7.51. The van der Waals surface area contributed by atoms with Gasteiger partial charge in [-0.3, -0.25) is 5.26 Å². The van der Waals surface area contributed by atoms with Crippen LogP contribution in [0.1, 0.15) is 13.3 Å². The molecular formula is C3H7O2. The molecule has 31 valence electrons. The van der Waals surface area contributed by atoms with Gasteiger partial charge >= 0.3 is 0 Å². The summed E-state index contributed by atoms with van der Waals surface area (Å²) in [4.78, 5) is 3.57. The maximum absolute atomic E-state index is 7.51. The highest BCUT2D eigenvalue weighted by Crippen LogP contribution is 1.79.